The van der Waals surface area contributed by atoms with Gasteiger partial charge in [-0.15, -0.1) is 0 Å². The van der Waals surface area contributed by atoms with Crippen molar-refractivity contribution < 1.29 is 9.59 Å². The minimum absolute atomic E-state index is 0.0165. The zero-order valence-electron chi connectivity index (χ0n) is 12.2. The minimum atomic E-state index is -0.423. The van der Waals surface area contributed by atoms with E-state index in [-0.39, 0.29) is 30.3 Å². The fourth-order valence-corrected chi connectivity index (χ4v) is 2.71. The molecule has 0 saturated carbocycles. The molecule has 2 rings (SSSR count). The zero-order valence-corrected chi connectivity index (χ0v) is 12.2. The maximum atomic E-state index is 12.4. The lowest BCUT2D eigenvalue weighted by Gasteiger charge is -2.25. The number of nitrogens with zero attached hydrogens (tertiary/aromatic N) is 2. The number of likely N-dealkylation sites (tertiary alicyclic amines) is 1. The smallest absolute Gasteiger partial charge is 0.247 e. The van der Waals surface area contributed by atoms with Gasteiger partial charge >= 0.3 is 0 Å². The van der Waals surface area contributed by atoms with Crippen LogP contribution in [0, 0.1) is 0 Å². The Labute approximate surface area is 118 Å². The van der Waals surface area contributed by atoms with E-state index in [1.54, 1.807) is 12.4 Å². The van der Waals surface area contributed by atoms with Gasteiger partial charge in [0.1, 0.15) is 0 Å². The van der Waals surface area contributed by atoms with Crippen molar-refractivity contribution in [2.45, 2.75) is 58.2 Å². The van der Waals surface area contributed by atoms with Gasteiger partial charge in [0.2, 0.25) is 11.8 Å². The highest BCUT2D eigenvalue weighted by Crippen LogP contribution is 2.22. The monoisotopic (exact) mass is 278 g/mol. The van der Waals surface area contributed by atoms with E-state index in [4.69, 9.17) is 0 Å². The maximum absolute atomic E-state index is 12.4. The van der Waals surface area contributed by atoms with Gasteiger partial charge in [0.05, 0.1) is 18.7 Å². The molecule has 0 spiro atoms. The molecule has 2 amide bonds. The highest BCUT2D eigenvalue weighted by molar-refractivity contribution is 6.05. The van der Waals surface area contributed by atoms with Crippen LogP contribution in [0.1, 0.15) is 51.6 Å². The van der Waals surface area contributed by atoms with Gasteiger partial charge in [0.15, 0.2) is 0 Å². The van der Waals surface area contributed by atoms with E-state index in [0.717, 1.165) is 18.4 Å². The number of carbonyl (C=O) groups is 2. The number of carbonyl (C=O) groups excluding carboxylic acids is 2. The zero-order chi connectivity index (χ0) is 14.7. The highest BCUT2D eigenvalue weighted by atomic mass is 16.2. The van der Waals surface area contributed by atoms with E-state index in [0.29, 0.717) is 0 Å². The van der Waals surface area contributed by atoms with Gasteiger partial charge in [0.25, 0.3) is 0 Å². The second-order valence-electron chi connectivity index (χ2n) is 5.25. The topological polar surface area (TPSA) is 78.1 Å². The first-order valence-corrected chi connectivity index (χ1v) is 7.19. The van der Waals surface area contributed by atoms with Crippen molar-refractivity contribution in [2.75, 3.05) is 0 Å². The van der Waals surface area contributed by atoms with Crippen LogP contribution in [-0.4, -0.2) is 39.0 Å². The second-order valence-corrected chi connectivity index (χ2v) is 5.25. The molecule has 0 aromatic carbocycles. The molecule has 1 aliphatic rings. The third-order valence-corrected chi connectivity index (χ3v) is 3.96. The lowest BCUT2D eigenvalue weighted by Crippen LogP contribution is -2.44. The van der Waals surface area contributed by atoms with E-state index < -0.39 is 6.04 Å². The summed E-state index contributed by atoms with van der Waals surface area (Å²) < 4.78 is 0. The fraction of sp³-hybridized carbons (Fsp3) is 0.643. The average Bonchev–Trinajstić information content (AvgIpc) is 3.04. The standard InChI is InChI=1S/C14H22N4O2/c1-4-11(5-2)18-13(19)6-12(14(18)20)17-9(3)10-7-15-16-8-10/h7-9,11-12,17H,4-6H2,1-3H3,(H,15,16). The Bertz CT molecular complexity index is 468. The van der Waals surface area contributed by atoms with E-state index in [1.165, 1.54) is 4.90 Å². The number of nitrogens with one attached hydrogen (secondary N) is 2. The van der Waals surface area contributed by atoms with Gasteiger partial charge < -0.3 is 0 Å². The number of imide groups is 1. The Kier molecular flexibility index (Phi) is 4.54. The molecular formula is C14H22N4O2. The number of aromatic amines is 1. The Morgan fingerprint density at radius 2 is 2.15 bits per heavy atom. The summed E-state index contributed by atoms with van der Waals surface area (Å²) in [5.74, 6) is -0.167. The molecule has 2 N–H and O–H groups in total. The number of aromatic nitrogens is 2. The van der Waals surface area contributed by atoms with Crippen molar-refractivity contribution in [3.63, 3.8) is 0 Å². The van der Waals surface area contributed by atoms with E-state index >= 15 is 0 Å². The van der Waals surface area contributed by atoms with Gasteiger partial charge in [-0.25, -0.2) is 0 Å². The molecular weight excluding hydrogens is 256 g/mol. The van der Waals surface area contributed by atoms with Crippen LogP contribution >= 0.6 is 0 Å². The number of hydrogen-bond acceptors (Lipinski definition) is 4. The quantitative estimate of drug-likeness (QED) is 0.771. The molecule has 1 fully saturated rings. The first-order valence-electron chi connectivity index (χ1n) is 7.19. The Hall–Kier alpha value is -1.69. The summed E-state index contributed by atoms with van der Waals surface area (Å²) in [5.41, 5.74) is 0.978. The van der Waals surface area contributed by atoms with Crippen molar-refractivity contribution in [1.82, 2.24) is 20.4 Å². The van der Waals surface area contributed by atoms with Crippen LogP contribution in [0.25, 0.3) is 0 Å². The fourth-order valence-electron chi connectivity index (χ4n) is 2.71. The average molecular weight is 278 g/mol. The molecule has 20 heavy (non-hydrogen) atoms. The number of H-pyrrole nitrogens is 1. The van der Waals surface area contributed by atoms with Crippen molar-refractivity contribution in [2.24, 2.45) is 0 Å². The summed E-state index contributed by atoms with van der Waals surface area (Å²) >= 11 is 0. The third-order valence-electron chi connectivity index (χ3n) is 3.96. The van der Waals surface area contributed by atoms with Crippen LogP contribution in [0.5, 0.6) is 0 Å². The normalized spacial score (nSPS) is 21.0. The molecule has 1 aliphatic heterocycles. The van der Waals surface area contributed by atoms with Crippen molar-refractivity contribution in [1.29, 1.82) is 0 Å². The molecule has 0 aliphatic carbocycles. The molecule has 0 radical (unpaired) electrons. The van der Waals surface area contributed by atoms with Crippen LogP contribution in [0.15, 0.2) is 12.4 Å². The summed E-state index contributed by atoms with van der Waals surface area (Å²) in [6, 6.07) is -0.420. The predicted octanol–water partition coefficient (Wildman–Crippen LogP) is 1.38. The van der Waals surface area contributed by atoms with Gasteiger partial charge in [-0.3, -0.25) is 24.9 Å². The van der Waals surface area contributed by atoms with Gasteiger partial charge in [0, 0.05) is 23.8 Å². The van der Waals surface area contributed by atoms with Crippen LogP contribution in [0.2, 0.25) is 0 Å². The van der Waals surface area contributed by atoms with Crippen LogP contribution in [-0.2, 0) is 9.59 Å². The first-order chi connectivity index (χ1) is 9.58. The molecule has 1 saturated heterocycles. The summed E-state index contributed by atoms with van der Waals surface area (Å²) in [7, 11) is 0. The van der Waals surface area contributed by atoms with Crippen LogP contribution < -0.4 is 5.32 Å². The van der Waals surface area contributed by atoms with Crippen molar-refractivity contribution in [3.05, 3.63) is 18.0 Å². The van der Waals surface area contributed by atoms with Crippen LogP contribution in [0.3, 0.4) is 0 Å². The predicted molar refractivity (Wildman–Crippen MR) is 74.8 cm³/mol. The largest absolute Gasteiger partial charge is 0.299 e. The lowest BCUT2D eigenvalue weighted by atomic mass is 10.1. The van der Waals surface area contributed by atoms with E-state index in [1.807, 2.05) is 20.8 Å². The number of hydrogen-bond donors (Lipinski definition) is 2. The van der Waals surface area contributed by atoms with Crippen molar-refractivity contribution >= 4 is 11.8 Å². The molecule has 2 atom stereocenters. The molecule has 110 valence electrons. The SMILES string of the molecule is CCC(CC)N1C(=O)CC(NC(C)c2cn[nH]c2)C1=O. The minimum Gasteiger partial charge on any atom is -0.299 e. The van der Waals surface area contributed by atoms with Gasteiger partial charge in [-0.05, 0) is 19.8 Å². The molecule has 6 nitrogen and oxygen atoms in total. The molecule has 0 bridgehead atoms. The Balaban J connectivity index is 2.04. The van der Waals surface area contributed by atoms with Crippen LogP contribution in [0.4, 0.5) is 0 Å². The van der Waals surface area contributed by atoms with E-state index in [2.05, 4.69) is 15.5 Å². The third kappa shape index (κ3) is 2.75. The number of rotatable bonds is 6. The summed E-state index contributed by atoms with van der Waals surface area (Å²) in [6.07, 6.45) is 5.36. The highest BCUT2D eigenvalue weighted by Gasteiger charge is 2.41. The van der Waals surface area contributed by atoms with Gasteiger partial charge in [-0.2, -0.15) is 5.10 Å². The molecule has 2 heterocycles. The Morgan fingerprint density at radius 3 is 2.70 bits per heavy atom. The van der Waals surface area contributed by atoms with Crippen molar-refractivity contribution in [3.8, 4) is 0 Å². The van der Waals surface area contributed by atoms with E-state index in [9.17, 15) is 9.59 Å². The molecule has 1 aromatic heterocycles. The second kappa shape index (κ2) is 6.17. The van der Waals surface area contributed by atoms with Gasteiger partial charge in [-0.1, -0.05) is 13.8 Å². The maximum Gasteiger partial charge on any atom is 0.247 e. The summed E-state index contributed by atoms with van der Waals surface area (Å²) in [5, 5.41) is 9.87. The molecule has 6 heteroatoms. The summed E-state index contributed by atoms with van der Waals surface area (Å²) in [4.78, 5) is 25.9. The molecule has 2 unspecified atom stereocenters. The lowest BCUT2D eigenvalue weighted by molar-refractivity contribution is -0.141. The first kappa shape index (κ1) is 14.7. The number of amides is 2. The molecule has 1 aromatic rings. The summed E-state index contributed by atoms with van der Waals surface area (Å²) in [6.45, 7) is 5.97. The Morgan fingerprint density at radius 1 is 1.45 bits per heavy atom.